The highest BCUT2D eigenvalue weighted by molar-refractivity contribution is 5.93. The molecule has 3 aromatic rings. The van der Waals surface area contributed by atoms with Crippen LogP contribution in [0.2, 0.25) is 0 Å². The number of hydrogen-bond donors (Lipinski definition) is 1. The molecule has 164 valence electrons. The molecule has 4 rings (SSSR count). The molecule has 0 spiro atoms. The Labute approximate surface area is 183 Å². The molecule has 32 heavy (non-hydrogen) atoms. The Balaban J connectivity index is 1.82. The summed E-state index contributed by atoms with van der Waals surface area (Å²) in [6.45, 7) is 8.03. The Morgan fingerprint density at radius 3 is 2.72 bits per heavy atom. The molecule has 1 saturated heterocycles. The molecule has 1 atom stereocenters. The molecule has 0 unspecified atom stereocenters. The summed E-state index contributed by atoms with van der Waals surface area (Å²) in [5.74, 6) is -1.28. The largest absolute Gasteiger partial charge is 0.494 e. The molecule has 0 radical (unpaired) electrons. The summed E-state index contributed by atoms with van der Waals surface area (Å²) >= 11 is 0. The van der Waals surface area contributed by atoms with Gasteiger partial charge in [0.2, 0.25) is 5.69 Å². The predicted molar refractivity (Wildman–Crippen MR) is 115 cm³/mol. The zero-order valence-electron chi connectivity index (χ0n) is 17.4. The number of ether oxygens (including phenoxy) is 1. The maximum atomic E-state index is 14.4. The Kier molecular flexibility index (Phi) is 5.88. The highest BCUT2D eigenvalue weighted by Crippen LogP contribution is 2.29. The van der Waals surface area contributed by atoms with E-state index >= 15 is 0 Å². The van der Waals surface area contributed by atoms with Gasteiger partial charge in [-0.2, -0.15) is 0 Å². The molecule has 1 fully saturated rings. The molecule has 2 N–H and O–H groups in total. The van der Waals surface area contributed by atoms with Crippen LogP contribution in [0.3, 0.4) is 0 Å². The number of aromatic nitrogens is 2. The number of imidazole rings is 1. The summed E-state index contributed by atoms with van der Waals surface area (Å²) in [6.07, 6.45) is 3.15. The van der Waals surface area contributed by atoms with Gasteiger partial charge in [-0.05, 0) is 31.0 Å². The molecule has 2 heterocycles. The molecule has 0 saturated carbocycles. The van der Waals surface area contributed by atoms with Gasteiger partial charge in [-0.1, -0.05) is 12.1 Å². The topological polar surface area (TPSA) is 77.7 Å². The molecule has 1 aliphatic rings. The number of piperidine rings is 1. The van der Waals surface area contributed by atoms with Gasteiger partial charge in [-0.25, -0.2) is 18.6 Å². The van der Waals surface area contributed by atoms with Crippen molar-refractivity contribution in [2.45, 2.75) is 18.9 Å². The van der Waals surface area contributed by atoms with E-state index in [1.54, 1.807) is 17.0 Å². The Morgan fingerprint density at radius 2 is 2.06 bits per heavy atom. The van der Waals surface area contributed by atoms with Gasteiger partial charge in [0.05, 0.1) is 19.4 Å². The van der Waals surface area contributed by atoms with Crippen molar-refractivity contribution < 1.29 is 18.3 Å². The quantitative estimate of drug-likeness (QED) is 0.628. The maximum absolute atomic E-state index is 14.4. The second-order valence-electron chi connectivity index (χ2n) is 7.57. The number of amides is 1. The summed E-state index contributed by atoms with van der Waals surface area (Å²) in [6, 6.07) is 8.29. The molecular formula is C23H21F2N5O2. The number of benzene rings is 2. The molecular weight excluding hydrogens is 416 g/mol. The van der Waals surface area contributed by atoms with Crippen LogP contribution in [0.5, 0.6) is 5.75 Å². The number of likely N-dealkylation sites (tertiary alicyclic amines) is 1. The maximum Gasteiger partial charge on any atom is 0.274 e. The van der Waals surface area contributed by atoms with Gasteiger partial charge >= 0.3 is 0 Å². The molecule has 9 heteroatoms. The second kappa shape index (κ2) is 8.77. The molecule has 1 aliphatic heterocycles. The lowest BCUT2D eigenvalue weighted by molar-refractivity contribution is 0.0703. The lowest BCUT2D eigenvalue weighted by atomic mass is 10.1. The number of rotatable bonds is 4. The van der Waals surface area contributed by atoms with E-state index in [0.29, 0.717) is 24.3 Å². The summed E-state index contributed by atoms with van der Waals surface area (Å²) in [7, 11) is 1.36. The minimum Gasteiger partial charge on any atom is -0.494 e. The monoisotopic (exact) mass is 437 g/mol. The Bertz CT molecular complexity index is 1220. The first kappa shape index (κ1) is 21.5. The van der Waals surface area contributed by atoms with E-state index in [4.69, 9.17) is 17.0 Å². The van der Waals surface area contributed by atoms with Crippen LogP contribution >= 0.6 is 0 Å². The lowest BCUT2D eigenvalue weighted by Crippen LogP contribution is -2.45. The van der Waals surface area contributed by atoms with Crippen molar-refractivity contribution in [3.63, 3.8) is 0 Å². The van der Waals surface area contributed by atoms with Gasteiger partial charge in [0, 0.05) is 37.0 Å². The van der Waals surface area contributed by atoms with Crippen LogP contribution in [0.25, 0.3) is 21.9 Å². The summed E-state index contributed by atoms with van der Waals surface area (Å²) in [4.78, 5) is 22.3. The second-order valence-corrected chi connectivity index (χ2v) is 7.57. The van der Waals surface area contributed by atoms with Crippen LogP contribution in [0.15, 0.2) is 42.6 Å². The van der Waals surface area contributed by atoms with E-state index in [1.807, 2.05) is 0 Å². The molecule has 1 aromatic heterocycles. The van der Waals surface area contributed by atoms with E-state index in [9.17, 15) is 13.6 Å². The molecule has 0 aliphatic carbocycles. The van der Waals surface area contributed by atoms with E-state index in [-0.39, 0.29) is 34.9 Å². The fourth-order valence-corrected chi connectivity index (χ4v) is 3.78. The smallest absolute Gasteiger partial charge is 0.274 e. The number of carbonyl (C=O) groups is 1. The third-order valence-electron chi connectivity index (χ3n) is 5.41. The number of halogens is 2. The van der Waals surface area contributed by atoms with Gasteiger partial charge in [0.15, 0.2) is 11.6 Å². The van der Waals surface area contributed by atoms with Crippen LogP contribution in [-0.2, 0) is 0 Å². The number of nitrogens with zero attached hydrogens (tertiary/aromatic N) is 4. The van der Waals surface area contributed by atoms with Crippen LogP contribution in [0.4, 0.5) is 14.5 Å². The number of carbonyl (C=O) groups excluding carboxylic acids is 1. The Hall–Kier alpha value is -3.77. The average Bonchev–Trinajstić information content (AvgIpc) is 3.24. The van der Waals surface area contributed by atoms with Gasteiger partial charge in [-0.15, -0.1) is 0 Å². The van der Waals surface area contributed by atoms with Crippen molar-refractivity contribution in [2.24, 2.45) is 5.73 Å². The van der Waals surface area contributed by atoms with Crippen molar-refractivity contribution in [3.05, 3.63) is 71.3 Å². The predicted octanol–water partition coefficient (Wildman–Crippen LogP) is 3.94. The zero-order chi connectivity index (χ0) is 22.8. The average molecular weight is 437 g/mol. The number of nitrogens with two attached hydrogens (primary N) is 1. The minimum absolute atomic E-state index is 0.0708. The first-order valence-electron chi connectivity index (χ1n) is 10.1. The zero-order valence-corrected chi connectivity index (χ0v) is 17.4. The Morgan fingerprint density at radius 1 is 1.25 bits per heavy atom. The third kappa shape index (κ3) is 4.05. The van der Waals surface area contributed by atoms with Crippen molar-refractivity contribution in [1.82, 2.24) is 14.5 Å². The SMILES string of the molecule is [C-]#[N+]c1ccc(-c2nc(C(=O)N3CCC[C@@H](N)C3)cn2-c2ccc(OC)c(F)c2)cc1F. The molecule has 1 amide bonds. The minimum atomic E-state index is -0.706. The van der Waals surface area contributed by atoms with Gasteiger partial charge in [-0.3, -0.25) is 9.36 Å². The van der Waals surface area contributed by atoms with Crippen molar-refractivity contribution in [3.8, 4) is 22.8 Å². The third-order valence-corrected chi connectivity index (χ3v) is 5.41. The number of methoxy groups -OCH3 is 1. The fourth-order valence-electron chi connectivity index (χ4n) is 3.78. The first-order chi connectivity index (χ1) is 15.4. The first-order valence-corrected chi connectivity index (χ1v) is 10.1. The summed E-state index contributed by atoms with van der Waals surface area (Å²) in [5, 5.41) is 0. The standard InChI is InChI=1S/C23H21F2N5O2/c1-27-19-7-5-14(10-17(19)24)22-28-20(23(31)29-9-3-4-15(26)12-29)13-30(22)16-6-8-21(32-2)18(25)11-16/h5-8,10-11,13,15H,3-4,9,12,26H2,2H3/t15-/m1/s1. The highest BCUT2D eigenvalue weighted by Gasteiger charge is 2.26. The van der Waals surface area contributed by atoms with Crippen LogP contribution in [0, 0.1) is 18.2 Å². The molecule has 7 nitrogen and oxygen atoms in total. The van der Waals surface area contributed by atoms with Crippen molar-refractivity contribution in [1.29, 1.82) is 0 Å². The van der Waals surface area contributed by atoms with E-state index < -0.39 is 11.6 Å². The van der Waals surface area contributed by atoms with Gasteiger partial charge in [0.25, 0.3) is 5.91 Å². The lowest BCUT2D eigenvalue weighted by Gasteiger charge is -2.30. The fraction of sp³-hybridized carbons (Fsp3) is 0.261. The highest BCUT2D eigenvalue weighted by atomic mass is 19.1. The van der Waals surface area contributed by atoms with Crippen LogP contribution < -0.4 is 10.5 Å². The van der Waals surface area contributed by atoms with Crippen molar-refractivity contribution in [2.75, 3.05) is 20.2 Å². The van der Waals surface area contributed by atoms with Crippen LogP contribution in [-0.4, -0.2) is 46.6 Å². The van der Waals surface area contributed by atoms with Crippen LogP contribution in [0.1, 0.15) is 23.3 Å². The van der Waals surface area contributed by atoms with E-state index in [0.717, 1.165) is 12.8 Å². The summed E-state index contributed by atoms with van der Waals surface area (Å²) in [5.41, 5.74) is 6.75. The number of hydrogen-bond acceptors (Lipinski definition) is 4. The molecule has 2 aromatic carbocycles. The van der Waals surface area contributed by atoms with E-state index in [1.165, 1.54) is 42.1 Å². The van der Waals surface area contributed by atoms with E-state index in [2.05, 4.69) is 9.83 Å². The van der Waals surface area contributed by atoms with Crippen molar-refractivity contribution >= 4 is 11.6 Å². The normalized spacial score (nSPS) is 16.0. The summed E-state index contributed by atoms with van der Waals surface area (Å²) < 4.78 is 35.2. The van der Waals surface area contributed by atoms with Gasteiger partial charge < -0.3 is 15.4 Å². The van der Waals surface area contributed by atoms with Gasteiger partial charge in [0.1, 0.15) is 17.3 Å². The molecule has 0 bridgehead atoms.